The van der Waals surface area contributed by atoms with Crippen molar-refractivity contribution >= 4 is 29.9 Å². The number of nitrogens with one attached hydrogen (secondary N) is 2. The standard InChI is InChI=1S/C22H32N4O3.HI/c1-23-22(24-13-14-29-18-9-7-6-8-10-18)25-16-19(26(2)3)17-11-12-20(27-4)21(15-17)28-5;/h6-12,15,19H,13-14,16H2,1-5H3,(H2,23,24,25);1H. The molecule has 0 radical (unpaired) electrons. The summed E-state index contributed by atoms with van der Waals surface area (Å²) in [6.45, 7) is 1.89. The predicted molar refractivity (Wildman–Crippen MR) is 133 cm³/mol. The van der Waals surface area contributed by atoms with E-state index in [4.69, 9.17) is 14.2 Å². The number of aliphatic imine (C=N–C) groups is 1. The van der Waals surface area contributed by atoms with Crippen molar-refractivity contribution in [2.24, 2.45) is 4.99 Å². The zero-order valence-electron chi connectivity index (χ0n) is 18.3. The van der Waals surface area contributed by atoms with Crippen LogP contribution >= 0.6 is 24.0 Å². The fourth-order valence-corrected chi connectivity index (χ4v) is 2.93. The molecule has 7 nitrogen and oxygen atoms in total. The van der Waals surface area contributed by atoms with Gasteiger partial charge in [-0.15, -0.1) is 24.0 Å². The lowest BCUT2D eigenvalue weighted by Gasteiger charge is -2.26. The molecule has 2 aromatic rings. The Bertz CT molecular complexity index is 772. The molecule has 0 heterocycles. The number of ether oxygens (including phenoxy) is 3. The number of likely N-dealkylation sites (N-methyl/N-ethyl adjacent to an activating group) is 1. The second kappa shape index (κ2) is 13.9. The minimum atomic E-state index is 0. The first-order chi connectivity index (χ1) is 14.1. The average molecular weight is 528 g/mol. The van der Waals surface area contributed by atoms with Crippen LogP contribution in [0.2, 0.25) is 0 Å². The van der Waals surface area contributed by atoms with E-state index in [0.29, 0.717) is 19.7 Å². The Morgan fingerprint density at radius 2 is 1.70 bits per heavy atom. The highest BCUT2D eigenvalue weighted by Crippen LogP contribution is 2.31. The van der Waals surface area contributed by atoms with Crippen molar-refractivity contribution in [3.8, 4) is 17.2 Å². The molecule has 0 aromatic heterocycles. The Morgan fingerprint density at radius 1 is 1.00 bits per heavy atom. The van der Waals surface area contributed by atoms with Crippen LogP contribution in [0.4, 0.5) is 0 Å². The average Bonchev–Trinajstić information content (AvgIpc) is 2.75. The molecule has 0 spiro atoms. The summed E-state index contributed by atoms with van der Waals surface area (Å²) < 4.78 is 16.5. The van der Waals surface area contributed by atoms with Crippen LogP contribution in [0.15, 0.2) is 53.5 Å². The first-order valence-electron chi connectivity index (χ1n) is 9.59. The molecule has 2 N–H and O–H groups in total. The Labute approximate surface area is 196 Å². The summed E-state index contributed by atoms with van der Waals surface area (Å²) in [5, 5.41) is 6.66. The molecule has 0 saturated heterocycles. The van der Waals surface area contributed by atoms with Crippen molar-refractivity contribution in [3.63, 3.8) is 0 Å². The van der Waals surface area contributed by atoms with Gasteiger partial charge >= 0.3 is 0 Å². The van der Waals surface area contributed by atoms with E-state index in [0.717, 1.165) is 28.8 Å². The van der Waals surface area contributed by atoms with Gasteiger partial charge in [-0.1, -0.05) is 24.3 Å². The van der Waals surface area contributed by atoms with Gasteiger partial charge in [0.2, 0.25) is 0 Å². The van der Waals surface area contributed by atoms with E-state index >= 15 is 0 Å². The van der Waals surface area contributed by atoms with Crippen LogP contribution < -0.4 is 24.8 Å². The van der Waals surface area contributed by atoms with Crippen LogP contribution in [0.25, 0.3) is 0 Å². The summed E-state index contributed by atoms with van der Waals surface area (Å²) in [5.41, 5.74) is 1.13. The van der Waals surface area contributed by atoms with Crippen LogP contribution in [0.1, 0.15) is 11.6 Å². The number of hydrogen-bond acceptors (Lipinski definition) is 5. The lowest BCUT2D eigenvalue weighted by Crippen LogP contribution is -2.43. The molecule has 30 heavy (non-hydrogen) atoms. The van der Waals surface area contributed by atoms with E-state index < -0.39 is 0 Å². The van der Waals surface area contributed by atoms with E-state index in [2.05, 4.69) is 26.6 Å². The van der Waals surface area contributed by atoms with E-state index in [1.165, 1.54) is 0 Å². The number of halogens is 1. The molecule has 0 aliphatic carbocycles. The Balaban J connectivity index is 0.00000450. The van der Waals surface area contributed by atoms with Crippen molar-refractivity contribution in [3.05, 3.63) is 54.1 Å². The summed E-state index contributed by atoms with van der Waals surface area (Å²) >= 11 is 0. The zero-order valence-corrected chi connectivity index (χ0v) is 20.7. The van der Waals surface area contributed by atoms with Crippen molar-refractivity contribution in [1.29, 1.82) is 0 Å². The summed E-state index contributed by atoms with van der Waals surface area (Å²) in [6.07, 6.45) is 0. The highest BCUT2D eigenvalue weighted by atomic mass is 127. The Hall–Kier alpha value is -2.20. The normalized spacial score (nSPS) is 12.0. The van der Waals surface area contributed by atoms with Gasteiger partial charge in [0.05, 0.1) is 26.8 Å². The first-order valence-corrected chi connectivity index (χ1v) is 9.59. The molecule has 166 valence electrons. The minimum Gasteiger partial charge on any atom is -0.493 e. The molecule has 2 rings (SSSR count). The molecule has 0 fully saturated rings. The van der Waals surface area contributed by atoms with Crippen LogP contribution in [-0.2, 0) is 0 Å². The Kier molecular flexibility index (Phi) is 12.0. The molecule has 8 heteroatoms. The molecule has 1 unspecified atom stereocenters. The van der Waals surface area contributed by atoms with E-state index in [-0.39, 0.29) is 30.0 Å². The maximum absolute atomic E-state index is 5.70. The first kappa shape index (κ1) is 25.8. The van der Waals surface area contributed by atoms with E-state index in [9.17, 15) is 0 Å². The van der Waals surface area contributed by atoms with Gasteiger partial charge in [0.15, 0.2) is 17.5 Å². The SMILES string of the molecule is CN=C(NCCOc1ccccc1)NCC(c1ccc(OC)c(OC)c1)N(C)C.I. The van der Waals surface area contributed by atoms with Gasteiger partial charge in [0.25, 0.3) is 0 Å². The van der Waals surface area contributed by atoms with Gasteiger partial charge < -0.3 is 29.7 Å². The number of rotatable bonds is 10. The molecule has 1 atom stereocenters. The molecule has 0 aliphatic heterocycles. The summed E-state index contributed by atoms with van der Waals surface area (Å²) in [7, 11) is 9.14. The molecule has 0 aliphatic rings. The number of hydrogen-bond donors (Lipinski definition) is 2. The molecule has 2 aromatic carbocycles. The second-order valence-corrected chi connectivity index (χ2v) is 6.64. The lowest BCUT2D eigenvalue weighted by molar-refractivity contribution is 0.295. The van der Waals surface area contributed by atoms with E-state index in [1.54, 1.807) is 21.3 Å². The maximum Gasteiger partial charge on any atom is 0.191 e. The number of guanidine groups is 1. The molecular formula is C22H33IN4O3. The number of para-hydroxylation sites is 1. The second-order valence-electron chi connectivity index (χ2n) is 6.64. The quantitative estimate of drug-likeness (QED) is 0.214. The van der Waals surface area contributed by atoms with Gasteiger partial charge in [0.1, 0.15) is 12.4 Å². The third-order valence-electron chi connectivity index (χ3n) is 4.51. The zero-order chi connectivity index (χ0) is 21.1. The minimum absolute atomic E-state index is 0. The van der Waals surface area contributed by atoms with Crippen molar-refractivity contribution in [1.82, 2.24) is 15.5 Å². The molecule has 0 saturated carbocycles. The van der Waals surface area contributed by atoms with Gasteiger partial charge in [-0.2, -0.15) is 0 Å². The third kappa shape index (κ3) is 7.91. The van der Waals surface area contributed by atoms with Crippen molar-refractivity contribution in [2.45, 2.75) is 6.04 Å². The number of nitrogens with zero attached hydrogens (tertiary/aromatic N) is 2. The maximum atomic E-state index is 5.70. The van der Waals surface area contributed by atoms with Gasteiger partial charge in [-0.25, -0.2) is 0 Å². The topological polar surface area (TPSA) is 67.4 Å². The van der Waals surface area contributed by atoms with Crippen molar-refractivity contribution < 1.29 is 14.2 Å². The number of benzene rings is 2. The summed E-state index contributed by atoms with van der Waals surface area (Å²) in [5.74, 6) is 3.03. The van der Waals surface area contributed by atoms with E-state index in [1.807, 2.05) is 56.6 Å². The van der Waals surface area contributed by atoms with Crippen LogP contribution in [-0.4, -0.2) is 65.9 Å². The van der Waals surface area contributed by atoms with Gasteiger partial charge in [-0.05, 0) is 43.9 Å². The fraction of sp³-hybridized carbons (Fsp3) is 0.409. The van der Waals surface area contributed by atoms with Crippen LogP contribution in [0.5, 0.6) is 17.2 Å². The predicted octanol–water partition coefficient (Wildman–Crippen LogP) is 3.17. The molecule has 0 amide bonds. The molecular weight excluding hydrogens is 495 g/mol. The summed E-state index contributed by atoms with van der Waals surface area (Å²) in [4.78, 5) is 6.45. The van der Waals surface area contributed by atoms with Gasteiger partial charge in [-0.3, -0.25) is 4.99 Å². The highest BCUT2D eigenvalue weighted by Gasteiger charge is 2.17. The molecule has 0 bridgehead atoms. The van der Waals surface area contributed by atoms with Crippen LogP contribution in [0.3, 0.4) is 0 Å². The smallest absolute Gasteiger partial charge is 0.191 e. The summed E-state index contributed by atoms with van der Waals surface area (Å²) in [6, 6.07) is 15.9. The van der Waals surface area contributed by atoms with Crippen LogP contribution in [0, 0.1) is 0 Å². The fourth-order valence-electron chi connectivity index (χ4n) is 2.93. The Morgan fingerprint density at radius 3 is 2.30 bits per heavy atom. The monoisotopic (exact) mass is 528 g/mol. The van der Waals surface area contributed by atoms with Gasteiger partial charge in [0, 0.05) is 13.6 Å². The van der Waals surface area contributed by atoms with Crippen molar-refractivity contribution in [2.75, 3.05) is 55.1 Å². The highest BCUT2D eigenvalue weighted by molar-refractivity contribution is 14.0. The lowest BCUT2D eigenvalue weighted by atomic mass is 10.1. The third-order valence-corrected chi connectivity index (χ3v) is 4.51. The largest absolute Gasteiger partial charge is 0.493 e. The number of methoxy groups -OCH3 is 2.